The first kappa shape index (κ1) is 13.4. The summed E-state index contributed by atoms with van der Waals surface area (Å²) in [7, 11) is 0. The molecule has 0 saturated carbocycles. The second kappa shape index (κ2) is 5.76. The van der Waals surface area contributed by atoms with Crippen molar-refractivity contribution in [3.8, 4) is 5.75 Å². The molecule has 0 heterocycles. The number of carbonyl (C=O) groups is 1. The van der Waals surface area contributed by atoms with Gasteiger partial charge in [0.1, 0.15) is 12.4 Å². The van der Waals surface area contributed by atoms with Crippen molar-refractivity contribution in [2.24, 2.45) is 0 Å². The van der Waals surface area contributed by atoms with Crippen LogP contribution in [0.3, 0.4) is 0 Å². The van der Waals surface area contributed by atoms with E-state index in [1.165, 1.54) is 0 Å². The maximum atomic E-state index is 10.8. The fraction of sp³-hybridized carbons (Fsp3) is 0.133. The number of rotatable bonds is 4. The Balaban J connectivity index is 2.10. The van der Waals surface area contributed by atoms with E-state index in [-0.39, 0.29) is 5.56 Å². The van der Waals surface area contributed by atoms with Gasteiger partial charge in [0, 0.05) is 5.02 Å². The SMILES string of the molecule is Cc1cc(C(=O)O)ccc1COc1cccc(Cl)c1. The molecule has 0 amide bonds. The van der Waals surface area contributed by atoms with Gasteiger partial charge in [0.05, 0.1) is 5.56 Å². The van der Waals surface area contributed by atoms with E-state index in [4.69, 9.17) is 21.4 Å². The molecular weight excluding hydrogens is 264 g/mol. The van der Waals surface area contributed by atoms with Gasteiger partial charge in [-0.1, -0.05) is 23.7 Å². The summed E-state index contributed by atoms with van der Waals surface area (Å²) >= 11 is 5.87. The number of hydrogen-bond donors (Lipinski definition) is 1. The summed E-state index contributed by atoms with van der Waals surface area (Å²) < 4.78 is 5.62. The molecule has 0 unspecified atom stereocenters. The zero-order valence-electron chi connectivity index (χ0n) is 10.4. The van der Waals surface area contributed by atoms with Gasteiger partial charge in [-0.25, -0.2) is 4.79 Å². The van der Waals surface area contributed by atoms with Gasteiger partial charge in [-0.2, -0.15) is 0 Å². The minimum Gasteiger partial charge on any atom is -0.489 e. The van der Waals surface area contributed by atoms with Gasteiger partial charge >= 0.3 is 5.97 Å². The molecule has 2 aromatic rings. The predicted molar refractivity (Wildman–Crippen MR) is 73.9 cm³/mol. The second-order valence-electron chi connectivity index (χ2n) is 4.19. The van der Waals surface area contributed by atoms with Crippen molar-refractivity contribution < 1.29 is 14.6 Å². The molecule has 0 aliphatic rings. The summed E-state index contributed by atoms with van der Waals surface area (Å²) in [6.07, 6.45) is 0. The molecule has 19 heavy (non-hydrogen) atoms. The first-order chi connectivity index (χ1) is 9.06. The Morgan fingerprint density at radius 2 is 2.05 bits per heavy atom. The van der Waals surface area contributed by atoms with Gasteiger partial charge in [-0.05, 0) is 48.4 Å². The molecule has 2 rings (SSSR count). The van der Waals surface area contributed by atoms with Crippen molar-refractivity contribution in [3.63, 3.8) is 0 Å². The number of benzene rings is 2. The molecule has 98 valence electrons. The maximum absolute atomic E-state index is 10.8. The number of ether oxygens (including phenoxy) is 1. The predicted octanol–water partition coefficient (Wildman–Crippen LogP) is 3.93. The van der Waals surface area contributed by atoms with Crippen LogP contribution in [-0.4, -0.2) is 11.1 Å². The highest BCUT2D eigenvalue weighted by molar-refractivity contribution is 6.30. The summed E-state index contributed by atoms with van der Waals surface area (Å²) in [4.78, 5) is 10.8. The first-order valence-electron chi connectivity index (χ1n) is 5.77. The maximum Gasteiger partial charge on any atom is 0.335 e. The van der Waals surface area contributed by atoms with Gasteiger partial charge in [-0.15, -0.1) is 0 Å². The third kappa shape index (κ3) is 3.48. The molecule has 0 saturated heterocycles. The fourth-order valence-corrected chi connectivity index (χ4v) is 1.89. The number of aryl methyl sites for hydroxylation is 1. The molecular formula is C15H13ClO3. The number of aromatic carboxylic acids is 1. The van der Waals surface area contributed by atoms with Gasteiger partial charge in [-0.3, -0.25) is 0 Å². The van der Waals surface area contributed by atoms with Crippen molar-refractivity contribution in [2.45, 2.75) is 13.5 Å². The van der Waals surface area contributed by atoms with E-state index in [9.17, 15) is 4.79 Å². The molecule has 0 fully saturated rings. The van der Waals surface area contributed by atoms with Crippen molar-refractivity contribution >= 4 is 17.6 Å². The monoisotopic (exact) mass is 276 g/mol. The average molecular weight is 277 g/mol. The highest BCUT2D eigenvalue weighted by Gasteiger charge is 2.06. The molecule has 2 aromatic carbocycles. The van der Waals surface area contributed by atoms with Crippen molar-refractivity contribution in [2.75, 3.05) is 0 Å². The van der Waals surface area contributed by atoms with Gasteiger partial charge < -0.3 is 9.84 Å². The second-order valence-corrected chi connectivity index (χ2v) is 4.63. The highest BCUT2D eigenvalue weighted by Crippen LogP contribution is 2.19. The zero-order valence-corrected chi connectivity index (χ0v) is 11.1. The lowest BCUT2D eigenvalue weighted by molar-refractivity contribution is 0.0696. The van der Waals surface area contributed by atoms with E-state index >= 15 is 0 Å². The number of halogens is 1. The normalized spacial score (nSPS) is 10.2. The topological polar surface area (TPSA) is 46.5 Å². The van der Waals surface area contributed by atoms with E-state index in [0.717, 1.165) is 11.1 Å². The summed E-state index contributed by atoms with van der Waals surface area (Å²) in [6.45, 7) is 2.25. The molecule has 0 atom stereocenters. The molecule has 0 bridgehead atoms. The van der Waals surface area contributed by atoms with Crippen LogP contribution < -0.4 is 4.74 Å². The first-order valence-corrected chi connectivity index (χ1v) is 6.15. The fourth-order valence-electron chi connectivity index (χ4n) is 1.71. The van der Waals surface area contributed by atoms with Crippen LogP contribution in [0, 0.1) is 6.92 Å². The Morgan fingerprint density at radius 1 is 1.26 bits per heavy atom. The van der Waals surface area contributed by atoms with Gasteiger partial charge in [0.15, 0.2) is 0 Å². The van der Waals surface area contributed by atoms with E-state index in [0.29, 0.717) is 17.4 Å². The Bertz CT molecular complexity index is 608. The van der Waals surface area contributed by atoms with Crippen LogP contribution >= 0.6 is 11.6 Å². The number of carboxylic acid groups (broad SMARTS) is 1. The smallest absolute Gasteiger partial charge is 0.335 e. The molecule has 4 heteroatoms. The minimum absolute atomic E-state index is 0.281. The highest BCUT2D eigenvalue weighted by atomic mass is 35.5. The third-order valence-electron chi connectivity index (χ3n) is 2.78. The van der Waals surface area contributed by atoms with Crippen LogP contribution in [0.5, 0.6) is 5.75 Å². The van der Waals surface area contributed by atoms with Crippen molar-refractivity contribution in [1.29, 1.82) is 0 Å². The lowest BCUT2D eigenvalue weighted by atomic mass is 10.1. The van der Waals surface area contributed by atoms with E-state index in [1.54, 1.807) is 30.3 Å². The van der Waals surface area contributed by atoms with E-state index < -0.39 is 5.97 Å². The summed E-state index contributed by atoms with van der Waals surface area (Å²) in [5.41, 5.74) is 2.12. The van der Waals surface area contributed by atoms with Crippen molar-refractivity contribution in [1.82, 2.24) is 0 Å². The molecule has 3 nitrogen and oxygen atoms in total. The lowest BCUT2D eigenvalue weighted by Gasteiger charge is -2.09. The zero-order chi connectivity index (χ0) is 13.8. The summed E-state index contributed by atoms with van der Waals surface area (Å²) in [5.74, 6) is -0.236. The van der Waals surface area contributed by atoms with Crippen LogP contribution in [-0.2, 0) is 6.61 Å². The molecule has 0 radical (unpaired) electrons. The Morgan fingerprint density at radius 3 is 2.68 bits per heavy atom. The van der Waals surface area contributed by atoms with Gasteiger partial charge in [0.2, 0.25) is 0 Å². The van der Waals surface area contributed by atoms with E-state index in [2.05, 4.69) is 0 Å². The quantitative estimate of drug-likeness (QED) is 0.920. The van der Waals surface area contributed by atoms with Crippen LogP contribution in [0.2, 0.25) is 5.02 Å². The van der Waals surface area contributed by atoms with Crippen LogP contribution in [0.4, 0.5) is 0 Å². The van der Waals surface area contributed by atoms with Crippen LogP contribution in [0.25, 0.3) is 0 Å². The van der Waals surface area contributed by atoms with Crippen molar-refractivity contribution in [3.05, 3.63) is 64.2 Å². The number of carboxylic acids is 1. The van der Waals surface area contributed by atoms with Crippen LogP contribution in [0.1, 0.15) is 21.5 Å². The lowest BCUT2D eigenvalue weighted by Crippen LogP contribution is -2.01. The summed E-state index contributed by atoms with van der Waals surface area (Å²) in [5, 5.41) is 9.51. The minimum atomic E-state index is -0.926. The van der Waals surface area contributed by atoms with Gasteiger partial charge in [0.25, 0.3) is 0 Å². The van der Waals surface area contributed by atoms with E-state index in [1.807, 2.05) is 19.1 Å². The Labute approximate surface area is 116 Å². The third-order valence-corrected chi connectivity index (χ3v) is 3.02. The average Bonchev–Trinajstić information content (AvgIpc) is 2.37. The molecule has 0 aliphatic carbocycles. The van der Waals surface area contributed by atoms with Crippen LogP contribution in [0.15, 0.2) is 42.5 Å². The number of hydrogen-bond acceptors (Lipinski definition) is 2. The molecule has 0 aliphatic heterocycles. The molecule has 0 aromatic heterocycles. The standard InChI is InChI=1S/C15H13ClO3/c1-10-7-11(15(17)18)5-6-12(10)9-19-14-4-2-3-13(16)8-14/h2-8H,9H2,1H3,(H,17,18). The Hall–Kier alpha value is -2.00. The summed E-state index contributed by atoms with van der Waals surface area (Å²) in [6, 6.07) is 12.1. The largest absolute Gasteiger partial charge is 0.489 e. The Kier molecular flexibility index (Phi) is 4.07. The molecule has 1 N–H and O–H groups in total. The molecule has 0 spiro atoms.